The van der Waals surface area contributed by atoms with Crippen molar-refractivity contribution in [2.45, 2.75) is 57.3 Å². The molecule has 10 heteroatoms. The van der Waals surface area contributed by atoms with Crippen molar-refractivity contribution < 1.29 is 19.0 Å². The van der Waals surface area contributed by atoms with Crippen LogP contribution in [-0.2, 0) is 0 Å². The van der Waals surface area contributed by atoms with Crippen LogP contribution in [0.3, 0.4) is 0 Å². The van der Waals surface area contributed by atoms with E-state index in [0.29, 0.717) is 45.3 Å². The van der Waals surface area contributed by atoms with Gasteiger partial charge in [-0.3, -0.25) is 4.79 Å². The van der Waals surface area contributed by atoms with Gasteiger partial charge in [0, 0.05) is 38.2 Å². The molecule has 5 rings (SSSR count). The van der Waals surface area contributed by atoms with E-state index in [4.69, 9.17) is 42.4 Å². The van der Waals surface area contributed by atoms with Gasteiger partial charge in [0.25, 0.3) is 5.91 Å². The standard InChI is InChI=1S/C37H46Cl2N4O4/c1-42(36(44)28-22-33(45-2)35(47-4)34(23-28)46-3)24-27(26-16-17-29(38)30(39)21-26)13-6-5-11-25-12-9-10-19-43(20-18-25)37-40-31-14-7-8-15-32(31)41-37/h7-8,14-17,21-23,25,27H,5-6,9-13,18-20,24H2,1-4H3,(H,40,41). The highest BCUT2D eigenvalue weighted by molar-refractivity contribution is 6.42. The number of benzene rings is 3. The number of carbonyl (C=O) groups is 1. The van der Waals surface area contributed by atoms with Gasteiger partial charge in [-0.05, 0) is 67.1 Å². The monoisotopic (exact) mass is 680 g/mol. The molecule has 1 aliphatic rings. The van der Waals surface area contributed by atoms with Gasteiger partial charge in [0.15, 0.2) is 11.5 Å². The Morgan fingerprint density at radius 1 is 0.957 bits per heavy atom. The number of unbranched alkanes of at least 4 members (excludes halogenated alkanes) is 1. The zero-order valence-corrected chi connectivity index (χ0v) is 29.4. The molecule has 0 aliphatic carbocycles. The molecule has 3 aromatic carbocycles. The van der Waals surface area contributed by atoms with E-state index in [9.17, 15) is 4.79 Å². The smallest absolute Gasteiger partial charge is 0.253 e. The van der Waals surface area contributed by atoms with Gasteiger partial charge >= 0.3 is 0 Å². The predicted molar refractivity (Wildman–Crippen MR) is 191 cm³/mol. The van der Waals surface area contributed by atoms with Crippen molar-refractivity contribution in [2.24, 2.45) is 5.92 Å². The molecule has 2 unspecified atom stereocenters. The maximum absolute atomic E-state index is 13.7. The fourth-order valence-corrected chi connectivity index (χ4v) is 7.02. The maximum Gasteiger partial charge on any atom is 0.253 e. The summed E-state index contributed by atoms with van der Waals surface area (Å²) in [5.74, 6) is 2.99. The average molecular weight is 682 g/mol. The zero-order chi connectivity index (χ0) is 33.3. The molecule has 4 aromatic rings. The van der Waals surface area contributed by atoms with E-state index in [0.717, 1.165) is 54.9 Å². The maximum atomic E-state index is 13.7. The predicted octanol–water partition coefficient (Wildman–Crippen LogP) is 9.01. The van der Waals surface area contributed by atoms with Crippen LogP contribution in [0, 0.1) is 5.92 Å². The Morgan fingerprint density at radius 3 is 2.43 bits per heavy atom. The first-order chi connectivity index (χ1) is 22.8. The number of nitrogens with zero attached hydrogens (tertiary/aromatic N) is 3. The summed E-state index contributed by atoms with van der Waals surface area (Å²) in [4.78, 5) is 26.2. The van der Waals surface area contributed by atoms with E-state index in [-0.39, 0.29) is 11.8 Å². The molecule has 1 N–H and O–H groups in total. The van der Waals surface area contributed by atoms with Crippen LogP contribution in [-0.4, -0.2) is 68.8 Å². The van der Waals surface area contributed by atoms with Crippen molar-refractivity contribution in [3.05, 3.63) is 75.8 Å². The zero-order valence-electron chi connectivity index (χ0n) is 27.9. The number of rotatable bonds is 13. The molecule has 0 spiro atoms. The lowest BCUT2D eigenvalue weighted by molar-refractivity contribution is 0.0783. The molecule has 2 atom stereocenters. The Labute approximate surface area is 288 Å². The van der Waals surface area contributed by atoms with Crippen LogP contribution in [0.1, 0.15) is 73.2 Å². The topological polar surface area (TPSA) is 79.9 Å². The summed E-state index contributed by atoms with van der Waals surface area (Å²) < 4.78 is 16.4. The van der Waals surface area contributed by atoms with Crippen LogP contribution in [0.5, 0.6) is 17.2 Å². The fourth-order valence-electron chi connectivity index (χ4n) is 6.71. The largest absolute Gasteiger partial charge is 0.493 e. The molecule has 0 bridgehead atoms. The van der Waals surface area contributed by atoms with E-state index >= 15 is 0 Å². The van der Waals surface area contributed by atoms with Crippen molar-refractivity contribution in [2.75, 3.05) is 52.9 Å². The minimum absolute atomic E-state index is 0.0988. The molecule has 8 nitrogen and oxygen atoms in total. The number of halogens is 2. The minimum atomic E-state index is -0.127. The molecular weight excluding hydrogens is 635 g/mol. The first-order valence-electron chi connectivity index (χ1n) is 16.5. The number of hydrogen-bond donors (Lipinski definition) is 1. The Kier molecular flexibility index (Phi) is 12.2. The number of nitrogens with one attached hydrogen (secondary N) is 1. The number of aromatic amines is 1. The van der Waals surface area contributed by atoms with Crippen molar-refractivity contribution in [1.82, 2.24) is 14.9 Å². The number of hydrogen-bond acceptors (Lipinski definition) is 6. The number of H-pyrrole nitrogens is 1. The molecule has 1 saturated heterocycles. The average Bonchev–Trinajstić information content (AvgIpc) is 3.51. The van der Waals surface area contributed by atoms with Gasteiger partial charge in [0.05, 0.1) is 42.4 Å². The summed E-state index contributed by atoms with van der Waals surface area (Å²) in [6, 6.07) is 17.4. The van der Waals surface area contributed by atoms with Crippen LogP contribution in [0.2, 0.25) is 10.0 Å². The second kappa shape index (κ2) is 16.5. The molecule has 1 amide bonds. The number of imidazole rings is 1. The minimum Gasteiger partial charge on any atom is -0.493 e. The third-order valence-corrected chi connectivity index (χ3v) is 10.1. The van der Waals surface area contributed by atoms with Gasteiger partial charge in [-0.1, -0.05) is 73.5 Å². The third-order valence-electron chi connectivity index (χ3n) is 9.36. The van der Waals surface area contributed by atoms with Gasteiger partial charge in [0.1, 0.15) is 0 Å². The molecular formula is C37H46Cl2N4O4. The Balaban J connectivity index is 1.21. The summed E-state index contributed by atoms with van der Waals surface area (Å²) in [5, 5.41) is 1.05. The number of fused-ring (bicyclic) bond motifs is 1. The first-order valence-corrected chi connectivity index (χ1v) is 17.3. The van der Waals surface area contributed by atoms with Crippen LogP contribution >= 0.6 is 23.2 Å². The lowest BCUT2D eigenvalue weighted by atomic mass is 9.88. The van der Waals surface area contributed by atoms with Gasteiger partial charge < -0.3 is 29.0 Å². The molecule has 0 radical (unpaired) electrons. The number of amides is 1. The Hall–Kier alpha value is -3.62. The normalized spacial score (nSPS) is 16.0. The molecule has 1 aromatic heterocycles. The SMILES string of the molecule is COc1cc(C(=O)N(C)CC(CCCCC2CCCCN(c3nc4ccccc4[nH]3)CC2)c2ccc(Cl)c(Cl)c2)cc(OC)c1OC. The summed E-state index contributed by atoms with van der Waals surface area (Å²) >= 11 is 12.7. The fraction of sp³-hybridized carbons (Fsp3) is 0.459. The number of methoxy groups -OCH3 is 3. The highest BCUT2D eigenvalue weighted by Gasteiger charge is 2.23. The van der Waals surface area contributed by atoms with Crippen molar-refractivity contribution in [1.29, 1.82) is 0 Å². The third kappa shape index (κ3) is 8.65. The number of likely N-dealkylation sites (N-methyl/N-ethyl adjacent to an activating group) is 1. The number of anilines is 1. The summed E-state index contributed by atoms with van der Waals surface area (Å²) in [6.07, 6.45) is 9.18. The molecule has 252 valence electrons. The Morgan fingerprint density at radius 2 is 1.72 bits per heavy atom. The van der Waals surface area contributed by atoms with Crippen LogP contribution in [0.4, 0.5) is 5.95 Å². The lowest BCUT2D eigenvalue weighted by Crippen LogP contribution is -2.31. The van der Waals surface area contributed by atoms with Gasteiger partial charge in [-0.2, -0.15) is 0 Å². The van der Waals surface area contributed by atoms with E-state index < -0.39 is 0 Å². The Bertz CT molecular complexity index is 1590. The highest BCUT2D eigenvalue weighted by atomic mass is 35.5. The molecule has 1 aliphatic heterocycles. The van der Waals surface area contributed by atoms with Crippen LogP contribution < -0.4 is 19.1 Å². The quantitative estimate of drug-likeness (QED) is 0.142. The van der Waals surface area contributed by atoms with Gasteiger partial charge in [-0.15, -0.1) is 0 Å². The van der Waals surface area contributed by atoms with Gasteiger partial charge in [-0.25, -0.2) is 4.98 Å². The first kappa shape index (κ1) is 34.7. The van der Waals surface area contributed by atoms with Crippen molar-refractivity contribution >= 4 is 46.1 Å². The van der Waals surface area contributed by atoms with Gasteiger partial charge in [0.2, 0.25) is 11.7 Å². The number of ether oxygens (including phenoxy) is 3. The van der Waals surface area contributed by atoms with E-state index in [2.05, 4.69) is 22.0 Å². The lowest BCUT2D eigenvalue weighted by Gasteiger charge is -2.28. The molecule has 1 fully saturated rings. The van der Waals surface area contributed by atoms with E-state index in [1.165, 1.54) is 32.1 Å². The molecule has 2 heterocycles. The van der Waals surface area contributed by atoms with Crippen molar-refractivity contribution in [3.63, 3.8) is 0 Å². The van der Waals surface area contributed by atoms with Crippen molar-refractivity contribution in [3.8, 4) is 17.2 Å². The summed E-state index contributed by atoms with van der Waals surface area (Å²) in [7, 11) is 6.47. The molecule has 47 heavy (non-hydrogen) atoms. The van der Waals surface area contributed by atoms with E-state index in [1.807, 2.05) is 37.4 Å². The van der Waals surface area contributed by atoms with Crippen LogP contribution in [0.25, 0.3) is 11.0 Å². The number of carbonyl (C=O) groups excluding carboxylic acids is 1. The second-order valence-electron chi connectivity index (χ2n) is 12.5. The second-order valence-corrected chi connectivity index (χ2v) is 13.3. The molecule has 0 saturated carbocycles. The highest BCUT2D eigenvalue weighted by Crippen LogP contribution is 2.39. The summed E-state index contributed by atoms with van der Waals surface area (Å²) in [6.45, 7) is 2.59. The summed E-state index contributed by atoms with van der Waals surface area (Å²) in [5.41, 5.74) is 3.66. The number of aromatic nitrogens is 2. The van der Waals surface area contributed by atoms with E-state index in [1.54, 1.807) is 38.4 Å². The van der Waals surface area contributed by atoms with Crippen LogP contribution in [0.15, 0.2) is 54.6 Å². The number of para-hydroxylation sites is 2.